The average molecular weight is 200 g/mol. The molecule has 1 aromatic rings. The average Bonchev–Trinajstić information content (AvgIpc) is 2.50. The zero-order valence-electron chi connectivity index (χ0n) is 7.87. The molecule has 0 aliphatic heterocycles. The van der Waals surface area contributed by atoms with Crippen LogP contribution in [0.5, 0.6) is 0 Å². The summed E-state index contributed by atoms with van der Waals surface area (Å²) in [6.45, 7) is 5.44. The fourth-order valence-corrected chi connectivity index (χ4v) is 1.19. The van der Waals surface area contributed by atoms with Crippen molar-refractivity contribution in [2.75, 3.05) is 0 Å². The van der Waals surface area contributed by atoms with Gasteiger partial charge in [-0.2, -0.15) is 4.89 Å². The van der Waals surface area contributed by atoms with E-state index in [1.165, 1.54) is 11.3 Å². The third kappa shape index (κ3) is 3.57. The molecule has 72 valence electrons. The Morgan fingerprint density at radius 3 is 2.62 bits per heavy atom. The van der Waals surface area contributed by atoms with Crippen molar-refractivity contribution in [3.05, 3.63) is 22.4 Å². The summed E-state index contributed by atoms with van der Waals surface area (Å²) in [5.41, 5.74) is -0.465. The van der Waals surface area contributed by atoms with Crippen LogP contribution in [-0.4, -0.2) is 11.6 Å². The summed E-state index contributed by atoms with van der Waals surface area (Å²) in [4.78, 5) is 21.3. The molecule has 0 aromatic carbocycles. The second kappa shape index (κ2) is 3.89. The monoisotopic (exact) mass is 200 g/mol. The maximum absolute atomic E-state index is 11.2. The van der Waals surface area contributed by atoms with E-state index in [9.17, 15) is 4.79 Å². The first-order valence-electron chi connectivity index (χ1n) is 3.92. The van der Waals surface area contributed by atoms with Crippen LogP contribution in [0.1, 0.15) is 30.4 Å². The number of hydrogen-bond donors (Lipinski definition) is 0. The Morgan fingerprint density at radius 1 is 1.46 bits per heavy atom. The summed E-state index contributed by atoms with van der Waals surface area (Å²) in [6.07, 6.45) is 0. The summed E-state index contributed by atoms with van der Waals surface area (Å²) in [6, 6.07) is 3.48. The molecule has 0 aliphatic carbocycles. The molecule has 0 unspecified atom stereocenters. The fourth-order valence-electron chi connectivity index (χ4n) is 0.599. The fraction of sp³-hybridized carbons (Fsp3) is 0.444. The van der Waals surface area contributed by atoms with Gasteiger partial charge in [0.2, 0.25) is 0 Å². The van der Waals surface area contributed by atoms with E-state index >= 15 is 0 Å². The zero-order chi connectivity index (χ0) is 9.90. The van der Waals surface area contributed by atoms with Gasteiger partial charge in [-0.05, 0) is 32.2 Å². The van der Waals surface area contributed by atoms with Crippen molar-refractivity contribution in [1.82, 2.24) is 0 Å². The minimum Gasteiger partial charge on any atom is -0.291 e. The van der Waals surface area contributed by atoms with E-state index in [4.69, 9.17) is 4.89 Å². The highest BCUT2D eigenvalue weighted by atomic mass is 32.1. The molecule has 1 aromatic heterocycles. The van der Waals surface area contributed by atoms with E-state index in [0.29, 0.717) is 4.88 Å². The van der Waals surface area contributed by atoms with Crippen LogP contribution in [0.2, 0.25) is 0 Å². The number of carbonyl (C=O) groups excluding carboxylic acids is 1. The van der Waals surface area contributed by atoms with Crippen molar-refractivity contribution < 1.29 is 14.6 Å². The van der Waals surface area contributed by atoms with Gasteiger partial charge in [0.05, 0.1) is 0 Å². The highest BCUT2D eigenvalue weighted by Gasteiger charge is 2.16. The quantitative estimate of drug-likeness (QED) is 0.544. The Kier molecular flexibility index (Phi) is 3.06. The maximum Gasteiger partial charge on any atom is 0.382 e. The summed E-state index contributed by atoms with van der Waals surface area (Å²) < 4.78 is 0. The van der Waals surface area contributed by atoms with Crippen LogP contribution in [-0.2, 0) is 9.78 Å². The van der Waals surface area contributed by atoms with Crippen molar-refractivity contribution in [3.63, 3.8) is 0 Å². The van der Waals surface area contributed by atoms with E-state index in [1.54, 1.807) is 12.1 Å². The smallest absolute Gasteiger partial charge is 0.291 e. The normalized spacial score (nSPS) is 11.3. The van der Waals surface area contributed by atoms with Gasteiger partial charge in [-0.3, -0.25) is 4.89 Å². The third-order valence-electron chi connectivity index (χ3n) is 1.09. The second-order valence-corrected chi connectivity index (χ2v) is 4.49. The summed E-state index contributed by atoms with van der Waals surface area (Å²) >= 11 is 1.33. The molecular weight excluding hydrogens is 188 g/mol. The first kappa shape index (κ1) is 10.2. The van der Waals surface area contributed by atoms with Crippen LogP contribution in [0.3, 0.4) is 0 Å². The zero-order valence-corrected chi connectivity index (χ0v) is 8.68. The maximum atomic E-state index is 11.2. The van der Waals surface area contributed by atoms with Gasteiger partial charge < -0.3 is 0 Å². The van der Waals surface area contributed by atoms with Crippen LogP contribution in [0.15, 0.2) is 17.5 Å². The van der Waals surface area contributed by atoms with Gasteiger partial charge in [-0.1, -0.05) is 6.07 Å². The molecule has 0 N–H and O–H groups in total. The standard InChI is InChI=1S/C9H12O3S/c1-9(2,3)12-11-8(10)7-5-4-6-13-7/h4-6H,1-3H3. The molecule has 0 atom stereocenters. The molecule has 0 radical (unpaired) electrons. The Morgan fingerprint density at radius 2 is 2.15 bits per heavy atom. The van der Waals surface area contributed by atoms with Gasteiger partial charge in [-0.25, -0.2) is 4.79 Å². The summed E-state index contributed by atoms with van der Waals surface area (Å²) in [7, 11) is 0. The van der Waals surface area contributed by atoms with E-state index in [0.717, 1.165) is 0 Å². The SMILES string of the molecule is CC(C)(C)OOC(=O)c1cccs1. The van der Waals surface area contributed by atoms with E-state index in [-0.39, 0.29) is 0 Å². The number of thiophene rings is 1. The first-order valence-corrected chi connectivity index (χ1v) is 4.80. The molecule has 0 amide bonds. The summed E-state index contributed by atoms with van der Waals surface area (Å²) in [5, 5.41) is 1.81. The summed E-state index contributed by atoms with van der Waals surface area (Å²) in [5.74, 6) is -0.440. The van der Waals surface area contributed by atoms with Gasteiger partial charge in [0.25, 0.3) is 0 Å². The molecule has 0 saturated carbocycles. The Labute approximate surface area is 81.2 Å². The van der Waals surface area contributed by atoms with Crippen LogP contribution < -0.4 is 0 Å². The molecule has 0 bridgehead atoms. The van der Waals surface area contributed by atoms with Crippen LogP contribution in [0, 0.1) is 0 Å². The van der Waals surface area contributed by atoms with Crippen molar-refractivity contribution in [2.45, 2.75) is 26.4 Å². The molecule has 0 spiro atoms. The number of hydrogen-bond acceptors (Lipinski definition) is 4. The number of rotatable bonds is 2. The topological polar surface area (TPSA) is 35.5 Å². The minimum atomic E-state index is -0.465. The minimum absolute atomic E-state index is 0.440. The molecule has 3 nitrogen and oxygen atoms in total. The lowest BCUT2D eigenvalue weighted by Gasteiger charge is -2.15. The molecule has 1 heterocycles. The van der Waals surface area contributed by atoms with E-state index in [1.807, 2.05) is 26.2 Å². The second-order valence-electron chi connectivity index (χ2n) is 3.54. The van der Waals surface area contributed by atoms with Gasteiger partial charge in [0.1, 0.15) is 10.5 Å². The van der Waals surface area contributed by atoms with Crippen molar-refractivity contribution in [3.8, 4) is 0 Å². The van der Waals surface area contributed by atoms with Crippen molar-refractivity contribution in [2.24, 2.45) is 0 Å². The highest BCUT2D eigenvalue weighted by Crippen LogP contribution is 2.13. The van der Waals surface area contributed by atoms with Gasteiger partial charge in [-0.15, -0.1) is 11.3 Å². The molecule has 1 rings (SSSR count). The van der Waals surface area contributed by atoms with Crippen molar-refractivity contribution in [1.29, 1.82) is 0 Å². The Bertz CT molecular complexity index is 272. The van der Waals surface area contributed by atoms with Crippen molar-refractivity contribution >= 4 is 17.3 Å². The van der Waals surface area contributed by atoms with Crippen LogP contribution >= 0.6 is 11.3 Å². The molecular formula is C9H12O3S. The predicted molar refractivity (Wildman–Crippen MR) is 50.6 cm³/mol. The Balaban J connectivity index is 2.44. The molecule has 13 heavy (non-hydrogen) atoms. The van der Waals surface area contributed by atoms with Crippen LogP contribution in [0.4, 0.5) is 0 Å². The van der Waals surface area contributed by atoms with E-state index < -0.39 is 11.6 Å². The van der Waals surface area contributed by atoms with Gasteiger partial charge in [0.15, 0.2) is 0 Å². The Hall–Kier alpha value is -0.870. The lowest BCUT2D eigenvalue weighted by atomic mass is 10.2. The molecule has 0 saturated heterocycles. The van der Waals surface area contributed by atoms with Gasteiger partial charge in [0, 0.05) is 0 Å². The molecule has 0 fully saturated rings. The van der Waals surface area contributed by atoms with Crippen LogP contribution in [0.25, 0.3) is 0 Å². The lowest BCUT2D eigenvalue weighted by Crippen LogP contribution is -2.21. The molecule has 0 aliphatic rings. The highest BCUT2D eigenvalue weighted by molar-refractivity contribution is 7.11. The third-order valence-corrected chi connectivity index (χ3v) is 1.94. The number of carbonyl (C=O) groups is 1. The lowest BCUT2D eigenvalue weighted by molar-refractivity contribution is -0.301. The first-order chi connectivity index (χ1) is 5.99. The predicted octanol–water partition coefficient (Wildman–Crippen LogP) is 2.64. The molecule has 4 heteroatoms. The van der Waals surface area contributed by atoms with E-state index in [2.05, 4.69) is 4.89 Å². The largest absolute Gasteiger partial charge is 0.382 e. The van der Waals surface area contributed by atoms with Gasteiger partial charge >= 0.3 is 5.97 Å².